The second-order valence-corrected chi connectivity index (χ2v) is 6.12. The Labute approximate surface area is 146 Å². The quantitative estimate of drug-likeness (QED) is 0.645. The first kappa shape index (κ1) is 17.0. The maximum Gasteiger partial charge on any atom is 0.271 e. The third-order valence-electron chi connectivity index (χ3n) is 4.29. The highest BCUT2D eigenvalue weighted by atomic mass is 16.3. The van der Waals surface area contributed by atoms with E-state index in [0.29, 0.717) is 17.0 Å². The molecule has 2 aromatic rings. The van der Waals surface area contributed by atoms with Crippen molar-refractivity contribution in [1.29, 1.82) is 0 Å². The highest BCUT2D eigenvalue weighted by molar-refractivity contribution is 5.96. The molecule has 2 amide bonds. The summed E-state index contributed by atoms with van der Waals surface area (Å²) in [6, 6.07) is 10.3. The minimum Gasteiger partial charge on any atom is -0.463 e. The SMILES string of the molecule is O=C(N/N=C\c1ccco1)c1ccc(NC(=O)C2CCCCC2)cc1. The minimum absolute atomic E-state index is 0.0694. The Kier molecular flexibility index (Phi) is 5.61. The molecule has 1 fully saturated rings. The van der Waals surface area contributed by atoms with Gasteiger partial charge in [0.1, 0.15) is 5.76 Å². The molecule has 0 saturated heterocycles. The molecule has 1 aromatic carbocycles. The summed E-state index contributed by atoms with van der Waals surface area (Å²) in [6.07, 6.45) is 8.33. The molecular formula is C19H21N3O3. The van der Waals surface area contributed by atoms with Gasteiger partial charge in [0, 0.05) is 17.2 Å². The van der Waals surface area contributed by atoms with Gasteiger partial charge in [-0.3, -0.25) is 9.59 Å². The second-order valence-electron chi connectivity index (χ2n) is 6.12. The number of hydrogen-bond acceptors (Lipinski definition) is 4. The van der Waals surface area contributed by atoms with Crippen LogP contribution in [0.2, 0.25) is 0 Å². The molecule has 2 N–H and O–H groups in total. The number of benzene rings is 1. The molecule has 6 heteroatoms. The van der Waals surface area contributed by atoms with Gasteiger partial charge < -0.3 is 9.73 Å². The van der Waals surface area contributed by atoms with Gasteiger partial charge in [-0.25, -0.2) is 5.43 Å². The second kappa shape index (κ2) is 8.28. The topological polar surface area (TPSA) is 83.7 Å². The highest BCUT2D eigenvalue weighted by Gasteiger charge is 2.21. The molecule has 1 saturated carbocycles. The van der Waals surface area contributed by atoms with E-state index in [0.717, 1.165) is 25.7 Å². The largest absolute Gasteiger partial charge is 0.463 e. The number of carbonyl (C=O) groups is 2. The number of nitrogens with one attached hydrogen (secondary N) is 2. The lowest BCUT2D eigenvalue weighted by Gasteiger charge is -2.20. The fourth-order valence-electron chi connectivity index (χ4n) is 2.90. The van der Waals surface area contributed by atoms with Crippen molar-refractivity contribution in [3.63, 3.8) is 0 Å². The molecule has 0 radical (unpaired) electrons. The molecule has 0 aliphatic heterocycles. The van der Waals surface area contributed by atoms with Crippen LogP contribution in [0, 0.1) is 5.92 Å². The van der Waals surface area contributed by atoms with Gasteiger partial charge in [0.2, 0.25) is 5.91 Å². The number of anilines is 1. The summed E-state index contributed by atoms with van der Waals surface area (Å²) < 4.78 is 5.08. The van der Waals surface area contributed by atoms with Crippen LogP contribution in [0.25, 0.3) is 0 Å². The average Bonchev–Trinajstić information content (AvgIpc) is 3.16. The third-order valence-corrected chi connectivity index (χ3v) is 4.29. The molecule has 25 heavy (non-hydrogen) atoms. The summed E-state index contributed by atoms with van der Waals surface area (Å²) in [5.74, 6) is 0.404. The number of hydrogen-bond donors (Lipinski definition) is 2. The summed E-state index contributed by atoms with van der Waals surface area (Å²) in [4.78, 5) is 24.2. The molecule has 130 valence electrons. The van der Waals surface area contributed by atoms with E-state index in [1.165, 1.54) is 18.9 Å². The van der Waals surface area contributed by atoms with Crippen LogP contribution in [-0.4, -0.2) is 18.0 Å². The fourth-order valence-corrected chi connectivity index (χ4v) is 2.90. The van der Waals surface area contributed by atoms with Crippen LogP contribution in [0.15, 0.2) is 52.2 Å². The zero-order valence-electron chi connectivity index (χ0n) is 13.9. The summed E-state index contributed by atoms with van der Waals surface area (Å²) in [5, 5.41) is 6.76. The van der Waals surface area contributed by atoms with E-state index in [2.05, 4.69) is 15.8 Å². The Bertz CT molecular complexity index is 730. The molecule has 0 spiro atoms. The van der Waals surface area contributed by atoms with Crippen LogP contribution in [0.5, 0.6) is 0 Å². The van der Waals surface area contributed by atoms with E-state index < -0.39 is 0 Å². The lowest BCUT2D eigenvalue weighted by Crippen LogP contribution is -2.24. The molecule has 1 heterocycles. The number of furan rings is 1. The van der Waals surface area contributed by atoms with E-state index in [-0.39, 0.29) is 17.7 Å². The lowest BCUT2D eigenvalue weighted by molar-refractivity contribution is -0.120. The smallest absolute Gasteiger partial charge is 0.271 e. The van der Waals surface area contributed by atoms with Gasteiger partial charge >= 0.3 is 0 Å². The molecule has 0 bridgehead atoms. The van der Waals surface area contributed by atoms with E-state index >= 15 is 0 Å². The maximum atomic E-state index is 12.2. The Hall–Kier alpha value is -2.89. The van der Waals surface area contributed by atoms with Crippen LogP contribution in [0.1, 0.15) is 48.2 Å². The Morgan fingerprint density at radius 3 is 2.52 bits per heavy atom. The Morgan fingerprint density at radius 2 is 1.84 bits per heavy atom. The van der Waals surface area contributed by atoms with Crippen LogP contribution in [0.3, 0.4) is 0 Å². The van der Waals surface area contributed by atoms with Crippen molar-refractivity contribution in [3.8, 4) is 0 Å². The summed E-state index contributed by atoms with van der Waals surface area (Å²) >= 11 is 0. The molecule has 0 unspecified atom stereocenters. The number of hydrazone groups is 1. The number of nitrogens with zero attached hydrogens (tertiary/aromatic N) is 1. The zero-order chi connectivity index (χ0) is 17.5. The molecule has 1 aliphatic rings. The van der Waals surface area contributed by atoms with E-state index in [1.54, 1.807) is 36.4 Å². The number of rotatable bonds is 5. The summed E-state index contributed by atoms with van der Waals surface area (Å²) in [5.41, 5.74) is 3.60. The van der Waals surface area contributed by atoms with Crippen molar-refractivity contribution in [2.75, 3.05) is 5.32 Å². The first-order valence-corrected chi connectivity index (χ1v) is 8.50. The van der Waals surface area contributed by atoms with Gasteiger partial charge in [0.05, 0.1) is 12.5 Å². The third kappa shape index (κ3) is 4.79. The highest BCUT2D eigenvalue weighted by Crippen LogP contribution is 2.25. The van der Waals surface area contributed by atoms with Gasteiger partial charge in [-0.2, -0.15) is 5.10 Å². The van der Waals surface area contributed by atoms with E-state index in [9.17, 15) is 9.59 Å². The first-order chi connectivity index (χ1) is 12.2. The van der Waals surface area contributed by atoms with Gasteiger partial charge in [-0.1, -0.05) is 19.3 Å². The summed E-state index contributed by atoms with van der Waals surface area (Å²) in [7, 11) is 0. The van der Waals surface area contributed by atoms with Crippen LogP contribution in [0.4, 0.5) is 5.69 Å². The molecule has 6 nitrogen and oxygen atoms in total. The predicted molar refractivity (Wildman–Crippen MR) is 95.4 cm³/mol. The molecule has 0 atom stereocenters. The van der Waals surface area contributed by atoms with Crippen LogP contribution < -0.4 is 10.7 Å². The molecule has 1 aliphatic carbocycles. The fraction of sp³-hybridized carbons (Fsp3) is 0.316. The van der Waals surface area contributed by atoms with Gasteiger partial charge in [0.25, 0.3) is 5.91 Å². The van der Waals surface area contributed by atoms with Crippen molar-refractivity contribution >= 4 is 23.7 Å². The predicted octanol–water partition coefficient (Wildman–Crippen LogP) is 3.56. The van der Waals surface area contributed by atoms with Crippen LogP contribution in [-0.2, 0) is 4.79 Å². The molecular weight excluding hydrogens is 318 g/mol. The van der Waals surface area contributed by atoms with Gasteiger partial charge in [-0.15, -0.1) is 0 Å². The molecule has 1 aromatic heterocycles. The lowest BCUT2D eigenvalue weighted by atomic mass is 9.88. The molecule has 3 rings (SSSR count). The monoisotopic (exact) mass is 339 g/mol. The zero-order valence-corrected chi connectivity index (χ0v) is 13.9. The van der Waals surface area contributed by atoms with Crippen molar-refractivity contribution in [1.82, 2.24) is 5.43 Å². The standard InChI is InChI=1S/C19H21N3O3/c23-18(14-5-2-1-3-6-14)21-16-10-8-15(9-11-16)19(24)22-20-13-17-7-4-12-25-17/h4,7-14H,1-3,5-6H2,(H,21,23)(H,22,24)/b20-13-. The Morgan fingerprint density at radius 1 is 1.08 bits per heavy atom. The van der Waals surface area contributed by atoms with Crippen molar-refractivity contribution in [2.24, 2.45) is 11.0 Å². The van der Waals surface area contributed by atoms with Crippen molar-refractivity contribution in [2.45, 2.75) is 32.1 Å². The summed E-state index contributed by atoms with van der Waals surface area (Å²) in [6.45, 7) is 0. The van der Waals surface area contributed by atoms with E-state index in [4.69, 9.17) is 4.42 Å². The van der Waals surface area contributed by atoms with Gasteiger partial charge in [-0.05, 0) is 49.2 Å². The van der Waals surface area contributed by atoms with Crippen LogP contribution >= 0.6 is 0 Å². The maximum absolute atomic E-state index is 12.2. The number of carbonyl (C=O) groups excluding carboxylic acids is 2. The van der Waals surface area contributed by atoms with Crippen molar-refractivity contribution in [3.05, 3.63) is 54.0 Å². The average molecular weight is 339 g/mol. The minimum atomic E-state index is -0.326. The van der Waals surface area contributed by atoms with Crippen molar-refractivity contribution < 1.29 is 14.0 Å². The van der Waals surface area contributed by atoms with E-state index in [1.807, 2.05) is 0 Å². The van der Waals surface area contributed by atoms with Gasteiger partial charge in [0.15, 0.2) is 0 Å². The Balaban J connectivity index is 1.52. The normalized spacial score (nSPS) is 15.2. The number of amides is 2. The first-order valence-electron chi connectivity index (χ1n) is 8.50.